The normalized spacial score (nSPS) is 24.6. The van der Waals surface area contributed by atoms with Crippen molar-refractivity contribution >= 4 is 17.7 Å². The van der Waals surface area contributed by atoms with Crippen LogP contribution in [-0.4, -0.2) is 60.7 Å². The van der Waals surface area contributed by atoms with E-state index in [-0.39, 0.29) is 11.3 Å². The molecule has 0 aromatic carbocycles. The molecule has 0 bridgehead atoms. The first-order valence-corrected chi connectivity index (χ1v) is 8.72. The zero-order chi connectivity index (χ0) is 17.0. The molecule has 24 heavy (non-hydrogen) atoms. The average Bonchev–Trinajstić information content (AvgIpc) is 2.59. The van der Waals surface area contributed by atoms with Gasteiger partial charge in [-0.05, 0) is 31.7 Å². The van der Waals surface area contributed by atoms with Gasteiger partial charge in [0.25, 0.3) is 0 Å². The number of hydrogen-bond acceptors (Lipinski definition) is 6. The van der Waals surface area contributed by atoms with Crippen LogP contribution >= 0.6 is 0 Å². The van der Waals surface area contributed by atoms with Gasteiger partial charge in [-0.25, -0.2) is 4.98 Å². The highest BCUT2D eigenvalue weighted by Gasteiger charge is 2.42. The van der Waals surface area contributed by atoms with Crippen molar-refractivity contribution in [2.45, 2.75) is 32.1 Å². The monoisotopic (exact) mass is 333 g/mol. The molecule has 1 spiro atoms. The largest absolute Gasteiger partial charge is 0.385 e. The number of aromatic nitrogens is 2. The van der Waals surface area contributed by atoms with Gasteiger partial charge in [-0.1, -0.05) is 0 Å². The fraction of sp³-hybridized carbons (Fsp3) is 0.706. The van der Waals surface area contributed by atoms with Crippen molar-refractivity contribution in [1.29, 1.82) is 0 Å². The molecule has 2 aliphatic heterocycles. The van der Waals surface area contributed by atoms with Crippen LogP contribution < -0.4 is 10.6 Å². The molecule has 0 radical (unpaired) electrons. The highest BCUT2D eigenvalue weighted by atomic mass is 16.5. The molecular weight excluding hydrogens is 306 g/mol. The van der Waals surface area contributed by atoms with Crippen molar-refractivity contribution in [3.8, 4) is 0 Å². The Morgan fingerprint density at radius 2 is 2.25 bits per heavy atom. The maximum atomic E-state index is 12.2. The summed E-state index contributed by atoms with van der Waals surface area (Å²) in [6, 6.07) is 1.71. The molecule has 3 rings (SSSR count). The number of likely N-dealkylation sites (tertiary alicyclic amines) is 1. The number of amides is 1. The molecule has 7 nitrogen and oxygen atoms in total. The van der Waals surface area contributed by atoms with Crippen LogP contribution in [0.15, 0.2) is 12.3 Å². The number of hydrogen-bond donors (Lipinski definition) is 1. The van der Waals surface area contributed by atoms with E-state index >= 15 is 0 Å². The summed E-state index contributed by atoms with van der Waals surface area (Å²) in [5, 5.41) is 0. The number of nitrogens with zero attached hydrogens (tertiary/aromatic N) is 4. The van der Waals surface area contributed by atoms with Crippen LogP contribution in [0.4, 0.5) is 11.8 Å². The van der Waals surface area contributed by atoms with Crippen molar-refractivity contribution in [3.05, 3.63) is 12.3 Å². The lowest BCUT2D eigenvalue weighted by molar-refractivity contribution is -0.138. The van der Waals surface area contributed by atoms with Crippen molar-refractivity contribution in [2.24, 2.45) is 5.41 Å². The van der Waals surface area contributed by atoms with E-state index in [1.54, 1.807) is 19.4 Å². The van der Waals surface area contributed by atoms with E-state index < -0.39 is 0 Å². The van der Waals surface area contributed by atoms with Gasteiger partial charge in [0, 0.05) is 57.9 Å². The lowest BCUT2D eigenvalue weighted by Gasteiger charge is -2.48. The summed E-state index contributed by atoms with van der Waals surface area (Å²) in [5.41, 5.74) is 5.95. The van der Waals surface area contributed by atoms with Gasteiger partial charge in [0.15, 0.2) is 0 Å². The van der Waals surface area contributed by atoms with Crippen LogP contribution in [-0.2, 0) is 9.53 Å². The lowest BCUT2D eigenvalue weighted by atomic mass is 9.73. The van der Waals surface area contributed by atoms with E-state index in [1.165, 1.54) is 0 Å². The second kappa shape index (κ2) is 7.34. The Bertz CT molecular complexity index is 582. The number of nitrogen functional groups attached to an aromatic ring is 1. The van der Waals surface area contributed by atoms with Gasteiger partial charge in [-0.3, -0.25) is 4.79 Å². The first kappa shape index (κ1) is 17.0. The lowest BCUT2D eigenvalue weighted by Crippen LogP contribution is -2.54. The van der Waals surface area contributed by atoms with E-state index in [2.05, 4.69) is 14.9 Å². The number of carbonyl (C=O) groups is 1. The van der Waals surface area contributed by atoms with Crippen LogP contribution in [0, 0.1) is 5.41 Å². The van der Waals surface area contributed by atoms with E-state index in [0.29, 0.717) is 24.8 Å². The second-order valence-corrected chi connectivity index (χ2v) is 6.97. The van der Waals surface area contributed by atoms with Crippen LogP contribution in [0.3, 0.4) is 0 Å². The molecule has 1 aromatic heterocycles. The maximum Gasteiger partial charge on any atom is 0.227 e. The van der Waals surface area contributed by atoms with Gasteiger partial charge in [0.1, 0.15) is 5.82 Å². The molecule has 0 unspecified atom stereocenters. The molecule has 3 heterocycles. The predicted octanol–water partition coefficient (Wildman–Crippen LogP) is 1.30. The minimum atomic E-state index is 0.146. The number of carbonyl (C=O) groups excluding carboxylic acids is 1. The summed E-state index contributed by atoms with van der Waals surface area (Å²) >= 11 is 0. The second-order valence-electron chi connectivity index (χ2n) is 6.97. The van der Waals surface area contributed by atoms with Crippen molar-refractivity contribution in [1.82, 2.24) is 14.9 Å². The number of methoxy groups -OCH3 is 1. The standard InChI is InChI=1S/C17H27N5O2/c1-24-11-3-10-21-12-17(7-4-15(21)23)6-2-9-22(13-17)16-19-8-5-14(18)20-16/h5,8H,2-4,6-7,9-13H2,1H3,(H2,18,19,20)/t17-/m0/s1. The molecular formula is C17H27N5O2. The number of nitrogens with two attached hydrogens (primary N) is 1. The van der Waals surface area contributed by atoms with Gasteiger partial charge in [0.2, 0.25) is 11.9 Å². The Kier molecular flexibility index (Phi) is 5.18. The van der Waals surface area contributed by atoms with Crippen molar-refractivity contribution in [2.75, 3.05) is 50.5 Å². The van der Waals surface area contributed by atoms with Gasteiger partial charge in [0.05, 0.1) is 0 Å². The summed E-state index contributed by atoms with van der Waals surface area (Å²) in [6.07, 6.45) is 6.43. The van der Waals surface area contributed by atoms with Crippen LogP contribution in [0.1, 0.15) is 32.1 Å². The van der Waals surface area contributed by atoms with E-state index in [9.17, 15) is 4.79 Å². The summed E-state index contributed by atoms with van der Waals surface area (Å²) in [7, 11) is 1.70. The van der Waals surface area contributed by atoms with Crippen LogP contribution in [0.25, 0.3) is 0 Å². The molecule has 0 aliphatic carbocycles. The Labute approximate surface area is 143 Å². The molecule has 1 amide bonds. The average molecular weight is 333 g/mol. The van der Waals surface area contributed by atoms with Gasteiger partial charge >= 0.3 is 0 Å². The third kappa shape index (κ3) is 3.77. The summed E-state index contributed by atoms with van der Waals surface area (Å²) in [5.74, 6) is 1.48. The quantitative estimate of drug-likeness (QED) is 0.818. The molecule has 132 valence electrons. The highest BCUT2D eigenvalue weighted by molar-refractivity contribution is 5.77. The van der Waals surface area contributed by atoms with Crippen LogP contribution in [0.2, 0.25) is 0 Å². The Balaban J connectivity index is 1.69. The fourth-order valence-corrected chi connectivity index (χ4v) is 3.93. The van der Waals surface area contributed by atoms with Crippen LogP contribution in [0.5, 0.6) is 0 Å². The maximum absolute atomic E-state index is 12.2. The third-order valence-corrected chi connectivity index (χ3v) is 5.13. The van der Waals surface area contributed by atoms with Gasteiger partial charge in [-0.15, -0.1) is 0 Å². The molecule has 1 atom stereocenters. The van der Waals surface area contributed by atoms with E-state index in [4.69, 9.17) is 10.5 Å². The third-order valence-electron chi connectivity index (χ3n) is 5.13. The Morgan fingerprint density at radius 1 is 1.38 bits per heavy atom. The first-order valence-electron chi connectivity index (χ1n) is 8.72. The summed E-state index contributed by atoms with van der Waals surface area (Å²) < 4.78 is 5.12. The number of piperidine rings is 2. The highest BCUT2D eigenvalue weighted by Crippen LogP contribution is 2.39. The van der Waals surface area contributed by atoms with Crippen molar-refractivity contribution in [3.63, 3.8) is 0 Å². The zero-order valence-electron chi connectivity index (χ0n) is 14.4. The minimum absolute atomic E-state index is 0.146. The molecule has 2 N–H and O–H groups in total. The zero-order valence-corrected chi connectivity index (χ0v) is 14.4. The minimum Gasteiger partial charge on any atom is -0.385 e. The molecule has 2 saturated heterocycles. The Hall–Kier alpha value is -1.89. The van der Waals surface area contributed by atoms with E-state index in [0.717, 1.165) is 51.9 Å². The van der Waals surface area contributed by atoms with Crippen molar-refractivity contribution < 1.29 is 9.53 Å². The fourth-order valence-electron chi connectivity index (χ4n) is 3.93. The summed E-state index contributed by atoms with van der Waals surface area (Å²) in [4.78, 5) is 25.2. The van der Waals surface area contributed by atoms with E-state index in [1.807, 2.05) is 4.90 Å². The topological polar surface area (TPSA) is 84.6 Å². The summed E-state index contributed by atoms with van der Waals surface area (Å²) in [6.45, 7) is 4.14. The number of anilines is 2. The predicted molar refractivity (Wildman–Crippen MR) is 92.6 cm³/mol. The molecule has 1 aromatic rings. The molecule has 0 saturated carbocycles. The molecule has 2 aliphatic rings. The van der Waals surface area contributed by atoms with Gasteiger partial charge in [-0.2, -0.15) is 4.98 Å². The molecule has 2 fully saturated rings. The number of rotatable bonds is 5. The SMILES string of the molecule is COCCCN1C[C@]2(CCCN(c3nccc(N)n3)C2)CCC1=O. The molecule has 7 heteroatoms. The first-order chi connectivity index (χ1) is 11.6. The Morgan fingerprint density at radius 3 is 3.04 bits per heavy atom. The van der Waals surface area contributed by atoms with Gasteiger partial charge < -0.3 is 20.3 Å². The smallest absolute Gasteiger partial charge is 0.227 e. The number of ether oxygens (including phenoxy) is 1.